The number of rotatable bonds is 2. The molecule has 4 N–H and O–H groups in total. The first-order valence-corrected chi connectivity index (χ1v) is 7.21. The van der Waals surface area contributed by atoms with Crippen LogP contribution in [0.5, 0.6) is 5.75 Å². The van der Waals surface area contributed by atoms with Crippen molar-refractivity contribution in [3.63, 3.8) is 0 Å². The fourth-order valence-electron chi connectivity index (χ4n) is 2.28. The normalized spacial score (nSPS) is 23.7. The number of phenols is 1. The number of carbonyl (C=O) groups is 1. The Bertz CT molecular complexity index is 451. The molecule has 0 heterocycles. The van der Waals surface area contributed by atoms with Crippen molar-refractivity contribution in [2.75, 3.05) is 0 Å². The molecule has 1 saturated carbocycles. The summed E-state index contributed by atoms with van der Waals surface area (Å²) in [4.78, 5) is 12.1. The van der Waals surface area contributed by atoms with E-state index in [2.05, 4.69) is 27.9 Å². The van der Waals surface area contributed by atoms with Gasteiger partial charge in [-0.05, 0) is 53.6 Å². The van der Waals surface area contributed by atoms with Crippen LogP contribution < -0.4 is 11.1 Å². The molecular weight excluding hydrogens is 343 g/mol. The second-order valence-electron chi connectivity index (χ2n) is 4.69. The van der Waals surface area contributed by atoms with E-state index >= 15 is 0 Å². The van der Waals surface area contributed by atoms with Crippen molar-refractivity contribution in [1.29, 1.82) is 0 Å². The van der Waals surface area contributed by atoms with Gasteiger partial charge in [0.05, 0.1) is 5.56 Å². The van der Waals surface area contributed by atoms with Gasteiger partial charge in [0.15, 0.2) is 0 Å². The fourth-order valence-corrected chi connectivity index (χ4v) is 2.77. The van der Waals surface area contributed by atoms with E-state index in [4.69, 9.17) is 5.73 Å². The van der Waals surface area contributed by atoms with Crippen LogP contribution in [0.2, 0.25) is 0 Å². The highest BCUT2D eigenvalue weighted by Gasteiger charge is 2.24. The maximum Gasteiger partial charge on any atom is 0.255 e. The van der Waals surface area contributed by atoms with Crippen LogP contribution in [0.4, 0.5) is 0 Å². The molecule has 2 atom stereocenters. The minimum Gasteiger partial charge on any atom is -0.507 e. The molecule has 5 heteroatoms. The molecule has 0 saturated heterocycles. The van der Waals surface area contributed by atoms with Gasteiger partial charge in [-0.3, -0.25) is 4.79 Å². The molecule has 1 aromatic carbocycles. The number of carbonyl (C=O) groups excluding carboxylic acids is 1. The first-order chi connectivity index (χ1) is 8.58. The van der Waals surface area contributed by atoms with E-state index in [1.165, 1.54) is 6.07 Å². The Hall–Kier alpha value is -0.820. The van der Waals surface area contributed by atoms with Gasteiger partial charge in [-0.1, -0.05) is 12.8 Å². The van der Waals surface area contributed by atoms with Crippen molar-refractivity contribution in [2.45, 2.75) is 37.8 Å². The molecule has 98 valence electrons. The van der Waals surface area contributed by atoms with Gasteiger partial charge in [0, 0.05) is 15.7 Å². The lowest BCUT2D eigenvalue weighted by Gasteiger charge is -2.29. The van der Waals surface area contributed by atoms with E-state index in [9.17, 15) is 9.90 Å². The summed E-state index contributed by atoms with van der Waals surface area (Å²) in [6.45, 7) is 0. The number of amides is 1. The van der Waals surface area contributed by atoms with Gasteiger partial charge < -0.3 is 16.2 Å². The van der Waals surface area contributed by atoms with Gasteiger partial charge >= 0.3 is 0 Å². The number of halogens is 1. The summed E-state index contributed by atoms with van der Waals surface area (Å²) in [6, 6.07) is 5.02. The van der Waals surface area contributed by atoms with Gasteiger partial charge in [0.2, 0.25) is 0 Å². The molecule has 0 spiro atoms. The van der Waals surface area contributed by atoms with Crippen LogP contribution in [0.3, 0.4) is 0 Å². The van der Waals surface area contributed by atoms with Gasteiger partial charge in [-0.2, -0.15) is 0 Å². The summed E-state index contributed by atoms with van der Waals surface area (Å²) in [5.74, 6) is -0.231. The van der Waals surface area contributed by atoms with Crippen molar-refractivity contribution in [3.05, 3.63) is 27.3 Å². The van der Waals surface area contributed by atoms with Crippen molar-refractivity contribution in [3.8, 4) is 5.75 Å². The molecule has 1 aromatic rings. The zero-order chi connectivity index (χ0) is 13.1. The monoisotopic (exact) mass is 360 g/mol. The second kappa shape index (κ2) is 5.88. The van der Waals surface area contributed by atoms with Crippen LogP contribution in [-0.4, -0.2) is 23.1 Å². The average molecular weight is 360 g/mol. The quantitative estimate of drug-likeness (QED) is 0.707. The first-order valence-electron chi connectivity index (χ1n) is 6.13. The third kappa shape index (κ3) is 3.14. The average Bonchev–Trinajstić information content (AvgIpc) is 2.35. The molecule has 0 aromatic heterocycles. The molecule has 1 aliphatic carbocycles. The largest absolute Gasteiger partial charge is 0.507 e. The summed E-state index contributed by atoms with van der Waals surface area (Å²) >= 11 is 2.11. The minimum absolute atomic E-state index is 0.0114. The van der Waals surface area contributed by atoms with E-state index in [0.717, 1.165) is 29.3 Å². The first kappa shape index (κ1) is 13.6. The van der Waals surface area contributed by atoms with Crippen LogP contribution in [0.25, 0.3) is 0 Å². The van der Waals surface area contributed by atoms with Crippen LogP contribution in [0.15, 0.2) is 18.2 Å². The van der Waals surface area contributed by atoms with Gasteiger partial charge in [0.25, 0.3) is 5.91 Å². The topological polar surface area (TPSA) is 75.3 Å². The Morgan fingerprint density at radius 3 is 2.83 bits per heavy atom. The summed E-state index contributed by atoms with van der Waals surface area (Å²) < 4.78 is 0.920. The predicted octanol–water partition coefficient (Wildman–Crippen LogP) is 2.00. The number of aromatic hydroxyl groups is 1. The van der Waals surface area contributed by atoms with Gasteiger partial charge in [-0.25, -0.2) is 0 Å². The van der Waals surface area contributed by atoms with Crippen molar-refractivity contribution in [2.24, 2.45) is 5.73 Å². The van der Waals surface area contributed by atoms with E-state index in [1.54, 1.807) is 12.1 Å². The van der Waals surface area contributed by atoms with Gasteiger partial charge in [0.1, 0.15) is 5.75 Å². The van der Waals surface area contributed by atoms with Crippen LogP contribution in [-0.2, 0) is 0 Å². The summed E-state index contributed by atoms with van der Waals surface area (Å²) in [7, 11) is 0. The molecule has 2 unspecified atom stereocenters. The maximum absolute atomic E-state index is 12.1. The molecule has 18 heavy (non-hydrogen) atoms. The lowest BCUT2D eigenvalue weighted by atomic mass is 9.91. The van der Waals surface area contributed by atoms with Gasteiger partial charge in [-0.15, -0.1) is 0 Å². The predicted molar refractivity (Wildman–Crippen MR) is 78.5 cm³/mol. The fraction of sp³-hybridized carbons (Fsp3) is 0.462. The molecule has 4 nitrogen and oxygen atoms in total. The molecule has 0 bridgehead atoms. The number of nitrogens with two attached hydrogens (primary N) is 1. The van der Waals surface area contributed by atoms with E-state index in [0.29, 0.717) is 5.56 Å². The van der Waals surface area contributed by atoms with Crippen molar-refractivity contribution < 1.29 is 9.90 Å². The molecule has 0 aliphatic heterocycles. The number of benzene rings is 1. The van der Waals surface area contributed by atoms with Crippen LogP contribution >= 0.6 is 22.6 Å². The molecule has 1 fully saturated rings. The number of nitrogens with one attached hydrogen (secondary N) is 1. The number of phenolic OH excluding ortho intramolecular Hbond substituents is 1. The van der Waals surface area contributed by atoms with Crippen LogP contribution in [0, 0.1) is 3.57 Å². The molecule has 2 rings (SSSR count). The maximum atomic E-state index is 12.1. The Morgan fingerprint density at radius 2 is 2.11 bits per heavy atom. The Balaban J connectivity index is 2.09. The van der Waals surface area contributed by atoms with E-state index < -0.39 is 0 Å². The zero-order valence-electron chi connectivity index (χ0n) is 10.0. The molecule has 1 aliphatic rings. The second-order valence-corrected chi connectivity index (χ2v) is 5.94. The van der Waals surface area contributed by atoms with E-state index in [-0.39, 0.29) is 23.7 Å². The Morgan fingerprint density at radius 1 is 1.39 bits per heavy atom. The smallest absolute Gasteiger partial charge is 0.255 e. The minimum atomic E-state index is -0.242. The molecular formula is C13H17IN2O2. The summed E-state index contributed by atoms with van der Waals surface area (Å²) in [5, 5.41) is 12.6. The number of hydrogen-bond acceptors (Lipinski definition) is 3. The Kier molecular flexibility index (Phi) is 4.45. The molecule has 0 radical (unpaired) electrons. The highest BCUT2D eigenvalue weighted by molar-refractivity contribution is 14.1. The van der Waals surface area contributed by atoms with E-state index in [1.807, 2.05) is 0 Å². The van der Waals surface area contributed by atoms with Crippen LogP contribution in [0.1, 0.15) is 36.0 Å². The standard InChI is InChI=1S/C13H17IN2O2/c14-8-5-6-12(17)9(7-8)13(18)16-11-4-2-1-3-10(11)15/h5-7,10-11,17H,1-4,15H2,(H,16,18). The lowest BCUT2D eigenvalue weighted by Crippen LogP contribution is -2.49. The Labute approximate surface area is 120 Å². The van der Waals surface area contributed by atoms with Crippen molar-refractivity contribution >= 4 is 28.5 Å². The third-order valence-electron chi connectivity index (χ3n) is 3.34. The summed E-state index contributed by atoms with van der Waals surface area (Å²) in [5.41, 5.74) is 6.31. The SMILES string of the molecule is NC1CCCCC1NC(=O)c1cc(I)ccc1O. The zero-order valence-corrected chi connectivity index (χ0v) is 12.2. The highest BCUT2D eigenvalue weighted by atomic mass is 127. The highest BCUT2D eigenvalue weighted by Crippen LogP contribution is 2.21. The third-order valence-corrected chi connectivity index (χ3v) is 4.01. The molecule has 1 amide bonds. The lowest BCUT2D eigenvalue weighted by molar-refractivity contribution is 0.0918. The summed E-state index contributed by atoms with van der Waals surface area (Å²) in [6.07, 6.45) is 4.08. The number of hydrogen-bond donors (Lipinski definition) is 3. The van der Waals surface area contributed by atoms with Crippen molar-refractivity contribution in [1.82, 2.24) is 5.32 Å².